The summed E-state index contributed by atoms with van der Waals surface area (Å²) in [4.78, 5) is 11.5. The maximum atomic E-state index is 12.1. The van der Waals surface area contributed by atoms with Gasteiger partial charge in [-0.15, -0.1) is 5.10 Å². The molecule has 0 aromatic carbocycles. The lowest BCUT2D eigenvalue weighted by atomic mass is 10.3. The van der Waals surface area contributed by atoms with Crippen molar-refractivity contribution in [2.45, 2.75) is 26.7 Å². The lowest BCUT2D eigenvalue weighted by Gasteiger charge is -2.07. The Bertz CT molecular complexity index is 734. The van der Waals surface area contributed by atoms with Gasteiger partial charge >= 0.3 is 16.1 Å². The Kier molecular flexibility index (Phi) is 5.94. The number of nitrogens with zero attached hydrogens (tertiary/aromatic N) is 2. The molecule has 0 N–H and O–H groups in total. The number of ether oxygens (including phenoxy) is 1. The molecule has 0 aliphatic heterocycles. The minimum Gasteiger partial charge on any atom is -0.466 e. The van der Waals surface area contributed by atoms with Gasteiger partial charge in [0.15, 0.2) is 0 Å². The van der Waals surface area contributed by atoms with Gasteiger partial charge in [0.25, 0.3) is 15.9 Å². The van der Waals surface area contributed by atoms with Crippen LogP contribution in [0.25, 0.3) is 0 Å². The molecule has 0 atom stereocenters. The standard InChI is InChI=1S/C11H18N2O7S2/c1-4-6-22(17,18)13-9(8-11(14)19-5-2)7-10(12-13)20-21(3,15)16/h7H,4-6,8H2,1-3H3. The van der Waals surface area contributed by atoms with Crippen LogP contribution in [0.15, 0.2) is 6.07 Å². The van der Waals surface area contributed by atoms with Crippen LogP contribution in [0.4, 0.5) is 0 Å². The molecule has 1 rings (SSSR count). The van der Waals surface area contributed by atoms with Crippen molar-refractivity contribution in [3.05, 3.63) is 11.8 Å². The fourth-order valence-electron chi connectivity index (χ4n) is 1.64. The van der Waals surface area contributed by atoms with Crippen LogP contribution in [-0.4, -0.2) is 50.6 Å². The van der Waals surface area contributed by atoms with Crippen molar-refractivity contribution in [3.8, 4) is 5.88 Å². The molecule has 1 aromatic heterocycles. The van der Waals surface area contributed by atoms with E-state index < -0.39 is 32.0 Å². The van der Waals surface area contributed by atoms with Gasteiger partial charge in [-0.3, -0.25) is 4.79 Å². The van der Waals surface area contributed by atoms with E-state index in [1.165, 1.54) is 0 Å². The summed E-state index contributed by atoms with van der Waals surface area (Å²) >= 11 is 0. The Morgan fingerprint density at radius 1 is 1.27 bits per heavy atom. The van der Waals surface area contributed by atoms with E-state index in [0.29, 0.717) is 10.5 Å². The minimum atomic E-state index is -3.86. The van der Waals surface area contributed by atoms with Crippen molar-refractivity contribution in [2.75, 3.05) is 18.6 Å². The van der Waals surface area contributed by atoms with Gasteiger partial charge in [-0.05, 0) is 13.3 Å². The predicted molar refractivity (Wildman–Crippen MR) is 77.5 cm³/mol. The number of rotatable bonds is 8. The number of carbonyl (C=O) groups is 1. The van der Waals surface area contributed by atoms with Crippen molar-refractivity contribution < 1.29 is 30.6 Å². The van der Waals surface area contributed by atoms with Crippen molar-refractivity contribution in [2.24, 2.45) is 0 Å². The summed E-state index contributed by atoms with van der Waals surface area (Å²) in [5.74, 6) is -1.27. The van der Waals surface area contributed by atoms with E-state index in [9.17, 15) is 21.6 Å². The smallest absolute Gasteiger partial charge is 0.311 e. The molecule has 126 valence electrons. The van der Waals surface area contributed by atoms with E-state index in [2.05, 4.69) is 9.28 Å². The second-order valence-corrected chi connectivity index (χ2v) is 7.90. The first kappa shape index (κ1) is 18.4. The first-order valence-corrected chi connectivity index (χ1v) is 9.89. The first-order valence-electron chi connectivity index (χ1n) is 6.46. The number of esters is 1. The Labute approximate surface area is 129 Å². The molecule has 1 heterocycles. The normalized spacial score (nSPS) is 12.1. The second kappa shape index (κ2) is 7.09. The fourth-order valence-corrected chi connectivity index (χ4v) is 3.40. The van der Waals surface area contributed by atoms with E-state index >= 15 is 0 Å². The summed E-state index contributed by atoms with van der Waals surface area (Å²) in [6.07, 6.45) is 0.776. The third-order valence-corrected chi connectivity index (χ3v) is 4.56. The van der Waals surface area contributed by atoms with Gasteiger partial charge in [-0.2, -0.15) is 12.5 Å². The maximum absolute atomic E-state index is 12.1. The molecule has 0 aliphatic rings. The molecule has 0 radical (unpaired) electrons. The van der Waals surface area contributed by atoms with E-state index in [-0.39, 0.29) is 24.5 Å². The van der Waals surface area contributed by atoms with E-state index in [0.717, 1.165) is 12.3 Å². The molecule has 11 heteroatoms. The van der Waals surface area contributed by atoms with Crippen LogP contribution in [-0.2, 0) is 36.1 Å². The molecule has 9 nitrogen and oxygen atoms in total. The van der Waals surface area contributed by atoms with Crippen LogP contribution in [0.5, 0.6) is 5.88 Å². The Hall–Kier alpha value is -1.62. The highest BCUT2D eigenvalue weighted by atomic mass is 32.2. The quantitative estimate of drug-likeness (QED) is 0.469. The monoisotopic (exact) mass is 354 g/mol. The zero-order chi connectivity index (χ0) is 17.0. The lowest BCUT2D eigenvalue weighted by Crippen LogP contribution is -2.22. The Balaban J connectivity index is 3.24. The lowest BCUT2D eigenvalue weighted by molar-refractivity contribution is -0.142. The number of aromatic nitrogens is 2. The molecule has 0 bridgehead atoms. The molecule has 0 aliphatic carbocycles. The number of hydrogen-bond donors (Lipinski definition) is 0. The van der Waals surface area contributed by atoms with Crippen molar-refractivity contribution in [1.29, 1.82) is 0 Å². The Morgan fingerprint density at radius 2 is 1.91 bits per heavy atom. The van der Waals surface area contributed by atoms with Gasteiger partial charge in [0.2, 0.25) is 0 Å². The molecular weight excluding hydrogens is 336 g/mol. The third-order valence-electron chi connectivity index (χ3n) is 2.32. The average Bonchev–Trinajstić information content (AvgIpc) is 2.70. The summed E-state index contributed by atoms with van der Waals surface area (Å²) in [6.45, 7) is 3.42. The summed E-state index contributed by atoms with van der Waals surface area (Å²) in [6, 6.07) is 1.09. The highest BCUT2D eigenvalue weighted by molar-refractivity contribution is 7.89. The highest BCUT2D eigenvalue weighted by Gasteiger charge is 2.23. The average molecular weight is 354 g/mol. The van der Waals surface area contributed by atoms with Crippen molar-refractivity contribution in [3.63, 3.8) is 0 Å². The van der Waals surface area contributed by atoms with Gasteiger partial charge in [0.05, 0.1) is 30.7 Å². The zero-order valence-corrected chi connectivity index (χ0v) is 14.1. The molecule has 0 amide bonds. The number of hydrogen-bond acceptors (Lipinski definition) is 8. The molecular formula is C11H18N2O7S2. The molecule has 0 unspecified atom stereocenters. The predicted octanol–water partition coefficient (Wildman–Crippen LogP) is -0.0850. The minimum absolute atomic E-state index is 0.0226. The van der Waals surface area contributed by atoms with Crippen LogP contribution in [0, 0.1) is 0 Å². The fraction of sp³-hybridized carbons (Fsp3) is 0.636. The van der Waals surface area contributed by atoms with E-state index in [4.69, 9.17) is 4.74 Å². The van der Waals surface area contributed by atoms with Gasteiger partial charge in [0, 0.05) is 6.07 Å². The summed E-state index contributed by atoms with van der Waals surface area (Å²) in [5, 5.41) is 3.62. The zero-order valence-electron chi connectivity index (χ0n) is 12.5. The summed E-state index contributed by atoms with van der Waals surface area (Å²) in [5.41, 5.74) is -0.0226. The van der Waals surface area contributed by atoms with E-state index in [1.54, 1.807) is 13.8 Å². The van der Waals surface area contributed by atoms with Gasteiger partial charge in [0.1, 0.15) is 0 Å². The Morgan fingerprint density at radius 3 is 2.41 bits per heavy atom. The van der Waals surface area contributed by atoms with Crippen LogP contribution < -0.4 is 4.18 Å². The third kappa shape index (κ3) is 5.30. The SMILES string of the molecule is CCCS(=O)(=O)n1nc(OS(C)(=O)=O)cc1CC(=O)OCC. The van der Waals surface area contributed by atoms with Crippen molar-refractivity contribution >= 4 is 26.1 Å². The summed E-state index contributed by atoms with van der Waals surface area (Å²) in [7, 11) is -7.68. The van der Waals surface area contributed by atoms with Crippen LogP contribution in [0.1, 0.15) is 26.0 Å². The molecule has 0 spiro atoms. The summed E-state index contributed by atoms with van der Waals surface area (Å²) < 4.78 is 56.4. The molecule has 0 saturated heterocycles. The molecule has 0 fully saturated rings. The van der Waals surface area contributed by atoms with Gasteiger partial charge in [-0.25, -0.2) is 8.42 Å². The highest BCUT2D eigenvalue weighted by Crippen LogP contribution is 2.17. The van der Waals surface area contributed by atoms with E-state index in [1.807, 2.05) is 0 Å². The first-order chi connectivity index (χ1) is 10.1. The maximum Gasteiger partial charge on any atom is 0.311 e. The van der Waals surface area contributed by atoms with Crippen LogP contribution >= 0.6 is 0 Å². The second-order valence-electron chi connectivity index (χ2n) is 4.40. The van der Waals surface area contributed by atoms with Crippen LogP contribution in [0.2, 0.25) is 0 Å². The van der Waals surface area contributed by atoms with Crippen LogP contribution in [0.3, 0.4) is 0 Å². The van der Waals surface area contributed by atoms with Crippen molar-refractivity contribution in [1.82, 2.24) is 9.19 Å². The molecule has 22 heavy (non-hydrogen) atoms. The number of carbonyl (C=O) groups excluding carboxylic acids is 1. The molecule has 1 aromatic rings. The largest absolute Gasteiger partial charge is 0.466 e. The van der Waals surface area contributed by atoms with Gasteiger partial charge < -0.3 is 8.92 Å². The molecule has 0 saturated carbocycles. The topological polar surface area (TPSA) is 122 Å². The van der Waals surface area contributed by atoms with Gasteiger partial charge in [-0.1, -0.05) is 6.92 Å².